The zero-order valence-electron chi connectivity index (χ0n) is 53.2. The Morgan fingerprint density at radius 2 is 0.961 bits per heavy atom. The van der Waals surface area contributed by atoms with Crippen LogP contribution in [0.25, 0.3) is 28.5 Å². The number of benzene rings is 4. The Balaban J connectivity index is 0.000000224. The van der Waals surface area contributed by atoms with E-state index in [1.165, 1.54) is 57.5 Å². The van der Waals surface area contributed by atoms with E-state index in [0.717, 1.165) is 54.4 Å². The largest absolute Gasteiger partial charge is 0.480 e. The normalized spacial score (nSPS) is 9.99. The molecule has 4 aromatic carbocycles. The van der Waals surface area contributed by atoms with E-state index in [0.29, 0.717) is 44.6 Å². The molecule has 27 nitrogen and oxygen atoms in total. The molecule has 11 rings (SSSR count). The number of nitriles is 2. The lowest BCUT2D eigenvalue weighted by atomic mass is 10.2. The molecule has 9 N–H and O–H groups in total. The number of ether oxygens (including phenoxy) is 2. The van der Waals surface area contributed by atoms with Crippen LogP contribution < -0.4 is 44.1 Å². The van der Waals surface area contributed by atoms with Crippen LogP contribution in [0.15, 0.2) is 231 Å². The van der Waals surface area contributed by atoms with Gasteiger partial charge in [0.1, 0.15) is 13.1 Å². The zero-order chi connectivity index (χ0) is 74.5. The third kappa shape index (κ3) is 27.7. The number of aliphatic carboxylic acids is 1. The predicted octanol–water partition coefficient (Wildman–Crippen LogP) is 9.97. The summed E-state index contributed by atoms with van der Waals surface area (Å²) in [6.07, 6.45) is 5.08. The number of methoxy groups -OCH3 is 2. The van der Waals surface area contributed by atoms with Crippen molar-refractivity contribution in [3.63, 3.8) is 0 Å². The quantitative estimate of drug-likeness (QED) is 0.0125. The van der Waals surface area contributed by atoms with Crippen LogP contribution in [0.3, 0.4) is 0 Å². The molecule has 0 bridgehead atoms. The fourth-order valence-electron chi connectivity index (χ4n) is 7.40. The van der Waals surface area contributed by atoms with Gasteiger partial charge in [0.25, 0.3) is 34.4 Å². The highest BCUT2D eigenvalue weighted by molar-refractivity contribution is 14.1. The monoisotopic (exact) mass is 1610 g/mol. The number of rotatable bonds is 15. The molecule has 0 saturated heterocycles. The number of carboxylic acids is 1. The summed E-state index contributed by atoms with van der Waals surface area (Å²) < 4.78 is 21.0. The SMILES string of the molecule is COC(=O)CN.COC(=O)CNC(=O)c1ccc(Cl)s1.N#Cc1ccc(-n2ccccc2=O)cc1.N#Cc1ccc(I)cc1.N/C(=N\O)c1ccc(-n2ccccc2=O)cc1.O=C(NCc1nc(-c2ccc(-n3ccccc3=O)cc2)no1)c1ccc(Cl)s1.O=C(O)CNC(=O)c1ccc(Cl)s1. The number of aromatic nitrogens is 5. The van der Waals surface area contributed by atoms with Crippen molar-refractivity contribution < 1.29 is 53.1 Å². The van der Waals surface area contributed by atoms with E-state index in [9.17, 15) is 43.2 Å². The molecule has 524 valence electrons. The number of carbonyl (C=O) groups is 6. The highest BCUT2D eigenvalue weighted by Crippen LogP contribution is 2.24. The summed E-state index contributed by atoms with van der Waals surface area (Å²) in [6.45, 7) is -0.436. The number of pyridine rings is 3. The van der Waals surface area contributed by atoms with Crippen molar-refractivity contribution in [2.24, 2.45) is 16.6 Å². The summed E-state index contributed by atoms with van der Waals surface area (Å²) in [5.74, 6) is -2.21. The van der Waals surface area contributed by atoms with Gasteiger partial charge in [-0.25, -0.2) is 0 Å². The van der Waals surface area contributed by atoms with Crippen molar-refractivity contribution in [3.05, 3.63) is 292 Å². The zero-order valence-corrected chi connectivity index (χ0v) is 60.1. The Bertz CT molecular complexity index is 4890. The van der Waals surface area contributed by atoms with Crippen molar-refractivity contribution in [1.82, 2.24) is 39.8 Å². The first-order valence-electron chi connectivity index (χ1n) is 28.9. The molecule has 0 fully saturated rings. The van der Waals surface area contributed by atoms with Gasteiger partial charge in [0.2, 0.25) is 11.7 Å². The van der Waals surface area contributed by atoms with Gasteiger partial charge in [-0.15, -0.1) is 34.0 Å². The number of carbonyl (C=O) groups excluding carboxylic acids is 5. The topological polar surface area (TPSA) is 414 Å². The third-order valence-electron chi connectivity index (χ3n) is 12.3. The number of esters is 2. The van der Waals surface area contributed by atoms with Crippen molar-refractivity contribution in [1.29, 1.82) is 10.5 Å². The van der Waals surface area contributed by atoms with Gasteiger partial charge in [0.05, 0.1) is 78.2 Å². The maximum absolute atomic E-state index is 12.0. The minimum atomic E-state index is -1.07. The molecule has 0 aliphatic rings. The molecular formula is C68H57Cl3IN13O14S3. The number of carboxylic acid groups (broad SMARTS) is 1. The Morgan fingerprint density at radius 3 is 1.31 bits per heavy atom. The highest BCUT2D eigenvalue weighted by atomic mass is 127. The fraction of sp³-hybridized carbons (Fsp3) is 0.0882. The van der Waals surface area contributed by atoms with E-state index >= 15 is 0 Å². The van der Waals surface area contributed by atoms with Gasteiger partial charge in [-0.1, -0.05) is 63.3 Å². The lowest BCUT2D eigenvalue weighted by Gasteiger charge is -2.05. The second-order valence-corrected chi connectivity index (χ2v) is 25.6. The lowest BCUT2D eigenvalue weighted by molar-refractivity contribution is -0.140. The molecule has 0 radical (unpaired) electrons. The number of thiophene rings is 3. The number of nitrogens with two attached hydrogens (primary N) is 2. The van der Waals surface area contributed by atoms with Crippen LogP contribution >= 0.6 is 91.4 Å². The standard InChI is InChI=1S/C19H13ClN4O3S.C12H11N3O2.C12H8N2O.C8H8ClNO3S.C7H6ClNO3S.C7H4IN.C3H7NO2/c20-15-9-8-14(28-15)19(26)21-11-16-22-18(23-27-16)12-4-6-13(7-5-12)24-10-2-1-3-17(24)25;13-12(14-17)9-4-6-10(7-5-9)15-8-2-1-3-11(15)16;13-9-10-4-6-11(7-5-10)14-8-2-1-3-12(14)15;1-13-7(11)4-10-8(12)5-2-3-6(9)14-5;8-5-2-1-4(13-5)7(12)9-3-6(10)11;8-7-3-1-6(5-9)2-4-7;1-6-3(5)2-4/h1-10H,11H2,(H,21,26);1-8,17H,(H2,13,14);1-8H;2-3H,4H2,1H3,(H,10,12);1-2H,3H2,(H,9,12)(H,10,11);1-4H;2,4H2,1H3. The number of nitrogens with one attached hydrogen (secondary N) is 3. The molecule has 3 amide bonds. The fourth-order valence-corrected chi connectivity index (χ4v) is 10.6. The molecule has 7 heterocycles. The van der Waals surface area contributed by atoms with Crippen LogP contribution in [-0.2, 0) is 30.4 Å². The molecule has 11 aromatic rings. The van der Waals surface area contributed by atoms with Crippen molar-refractivity contribution in [2.45, 2.75) is 6.54 Å². The lowest BCUT2D eigenvalue weighted by Crippen LogP contribution is -2.29. The number of nitrogens with zero attached hydrogens (tertiary/aromatic N) is 8. The van der Waals surface area contributed by atoms with E-state index in [2.05, 4.69) is 69.4 Å². The first-order valence-corrected chi connectivity index (χ1v) is 33.5. The maximum atomic E-state index is 12.0. The van der Waals surface area contributed by atoms with Crippen LogP contribution in [0.2, 0.25) is 13.0 Å². The summed E-state index contributed by atoms with van der Waals surface area (Å²) in [5.41, 5.74) is 14.8. The molecule has 0 unspecified atom stereocenters. The Hall–Kier alpha value is -11.4. The van der Waals surface area contributed by atoms with Crippen LogP contribution in [0.5, 0.6) is 0 Å². The molecule has 0 saturated carbocycles. The minimum absolute atomic E-state index is 0.0312. The summed E-state index contributed by atoms with van der Waals surface area (Å²) in [5, 5.41) is 48.0. The average molecular weight is 1610 g/mol. The van der Waals surface area contributed by atoms with Gasteiger partial charge < -0.3 is 51.7 Å². The molecule has 0 spiro atoms. The van der Waals surface area contributed by atoms with E-state index in [1.54, 1.807) is 164 Å². The van der Waals surface area contributed by atoms with Gasteiger partial charge in [-0.05, 0) is 174 Å². The van der Waals surface area contributed by atoms with Crippen LogP contribution in [-0.4, -0.2) is 109 Å². The first kappa shape index (κ1) is 81.3. The Morgan fingerprint density at radius 1 is 0.569 bits per heavy atom. The van der Waals surface area contributed by atoms with E-state index < -0.39 is 17.8 Å². The van der Waals surface area contributed by atoms with Crippen LogP contribution in [0.4, 0.5) is 0 Å². The maximum Gasteiger partial charge on any atom is 0.325 e. The third-order valence-corrected chi connectivity index (χ3v) is 16.8. The van der Waals surface area contributed by atoms with Crippen molar-refractivity contribution in [3.8, 4) is 40.6 Å². The van der Waals surface area contributed by atoms with Crippen LogP contribution in [0, 0.1) is 26.2 Å². The molecule has 0 aliphatic carbocycles. The van der Waals surface area contributed by atoms with Gasteiger partial charge in [0, 0.05) is 68.5 Å². The molecule has 7 aromatic heterocycles. The summed E-state index contributed by atoms with van der Waals surface area (Å²) in [6, 6.07) is 57.0. The minimum Gasteiger partial charge on any atom is -0.480 e. The van der Waals surface area contributed by atoms with Gasteiger partial charge in [0.15, 0.2) is 5.84 Å². The molecule has 34 heteroatoms. The second kappa shape index (κ2) is 43.2. The first-order chi connectivity index (χ1) is 49.0. The Labute approximate surface area is 620 Å². The molecular weight excluding hydrogens is 1550 g/mol. The summed E-state index contributed by atoms with van der Waals surface area (Å²) in [4.78, 5) is 106. The number of amides is 3. The van der Waals surface area contributed by atoms with Gasteiger partial charge >= 0.3 is 17.9 Å². The predicted molar refractivity (Wildman–Crippen MR) is 395 cm³/mol. The molecule has 0 atom stereocenters. The number of amidine groups is 1. The van der Waals surface area contributed by atoms with Gasteiger partial charge in [-0.2, -0.15) is 15.5 Å². The average Bonchev–Trinajstić information content (AvgIpc) is 1.12. The number of halogens is 4. The van der Waals surface area contributed by atoms with E-state index in [4.69, 9.17) is 71.6 Å². The van der Waals surface area contributed by atoms with E-state index in [1.807, 2.05) is 30.3 Å². The number of hydrogen-bond donors (Lipinski definition) is 7. The number of hydrogen-bond acceptors (Lipinski definition) is 22. The smallest absolute Gasteiger partial charge is 0.325 e. The summed E-state index contributed by atoms with van der Waals surface area (Å²) >= 11 is 22.7. The molecule has 102 heavy (non-hydrogen) atoms. The van der Waals surface area contributed by atoms with Crippen molar-refractivity contribution in [2.75, 3.05) is 33.9 Å². The van der Waals surface area contributed by atoms with Gasteiger partial charge in [-0.3, -0.25) is 56.9 Å². The Kier molecular flexibility index (Phi) is 34.4. The second-order valence-electron chi connectivity index (χ2n) is 19.2. The van der Waals surface area contributed by atoms with Crippen molar-refractivity contribution >= 4 is 133 Å². The van der Waals surface area contributed by atoms with E-state index in [-0.39, 0.29) is 72.4 Å². The highest BCUT2D eigenvalue weighted by Gasteiger charge is 2.15. The number of oxime groups is 1. The summed E-state index contributed by atoms with van der Waals surface area (Å²) in [7, 11) is 2.56. The van der Waals surface area contributed by atoms with Crippen LogP contribution in [0.1, 0.15) is 51.6 Å². The molecule has 0 aliphatic heterocycles.